The number of H-pyrrole nitrogens is 1. The number of halogens is 1. The second-order valence-electron chi connectivity index (χ2n) is 9.53. The molecule has 2 amide bonds. The summed E-state index contributed by atoms with van der Waals surface area (Å²) >= 11 is 6.00. The highest BCUT2D eigenvalue weighted by molar-refractivity contribution is 6.30. The molecule has 0 spiro atoms. The summed E-state index contributed by atoms with van der Waals surface area (Å²) in [5, 5.41) is 26.2. The van der Waals surface area contributed by atoms with Crippen LogP contribution < -0.4 is 15.5 Å². The summed E-state index contributed by atoms with van der Waals surface area (Å²) in [6.45, 7) is 0.756. The van der Waals surface area contributed by atoms with Crippen molar-refractivity contribution < 1.29 is 19.8 Å². The van der Waals surface area contributed by atoms with Crippen LogP contribution in [0.15, 0.2) is 36.8 Å². The molecule has 1 aliphatic heterocycles. The molecule has 10 nitrogen and oxygen atoms in total. The molecule has 1 unspecified atom stereocenters. The van der Waals surface area contributed by atoms with Crippen molar-refractivity contribution in [3.05, 3.63) is 52.9 Å². The molecule has 1 saturated heterocycles. The largest absolute Gasteiger partial charge is 0.465 e. The first kappa shape index (κ1) is 24.3. The second kappa shape index (κ2) is 9.94. The Morgan fingerprint density at radius 3 is 2.56 bits per heavy atom. The van der Waals surface area contributed by atoms with Crippen molar-refractivity contribution in [2.75, 3.05) is 24.6 Å². The van der Waals surface area contributed by atoms with Crippen LogP contribution >= 0.6 is 11.6 Å². The maximum atomic E-state index is 13.6. The maximum Gasteiger partial charge on any atom is 0.405 e. The highest BCUT2D eigenvalue weighted by atomic mass is 35.5. The van der Waals surface area contributed by atoms with Gasteiger partial charge in [-0.05, 0) is 61.3 Å². The first-order valence-corrected chi connectivity index (χ1v) is 12.5. The molecule has 2 aromatic heterocycles. The van der Waals surface area contributed by atoms with Crippen LogP contribution in [0.2, 0.25) is 5.02 Å². The van der Waals surface area contributed by atoms with Gasteiger partial charge < -0.3 is 30.7 Å². The van der Waals surface area contributed by atoms with Crippen molar-refractivity contribution in [2.45, 2.75) is 49.6 Å². The van der Waals surface area contributed by atoms with Gasteiger partial charge in [0, 0.05) is 30.9 Å². The predicted molar refractivity (Wildman–Crippen MR) is 135 cm³/mol. The minimum atomic E-state index is -1.30. The van der Waals surface area contributed by atoms with Gasteiger partial charge in [-0.15, -0.1) is 0 Å². The Morgan fingerprint density at radius 1 is 1.19 bits per heavy atom. The van der Waals surface area contributed by atoms with E-state index in [9.17, 15) is 19.8 Å². The number of aromatic nitrogens is 3. The maximum absolute atomic E-state index is 13.6. The predicted octanol–water partition coefficient (Wildman–Crippen LogP) is 3.34. The van der Waals surface area contributed by atoms with Gasteiger partial charge in [0.15, 0.2) is 0 Å². The number of piperidine rings is 1. The molecule has 5 rings (SSSR count). The van der Waals surface area contributed by atoms with Crippen LogP contribution in [-0.2, 0) is 4.79 Å². The highest BCUT2D eigenvalue weighted by Gasteiger charge is 2.44. The number of carbonyl (C=O) groups is 2. The van der Waals surface area contributed by atoms with E-state index < -0.39 is 23.6 Å². The summed E-state index contributed by atoms with van der Waals surface area (Å²) in [6.07, 6.45) is 5.41. The lowest BCUT2D eigenvalue weighted by molar-refractivity contribution is -0.129. The van der Waals surface area contributed by atoms with Crippen LogP contribution in [0.4, 0.5) is 10.6 Å². The summed E-state index contributed by atoms with van der Waals surface area (Å²) < 4.78 is 0. The zero-order chi connectivity index (χ0) is 25.3. The van der Waals surface area contributed by atoms with Gasteiger partial charge in [0.2, 0.25) is 5.91 Å². The van der Waals surface area contributed by atoms with Crippen LogP contribution in [0.5, 0.6) is 0 Å². The molecule has 0 radical (unpaired) electrons. The van der Waals surface area contributed by atoms with Crippen LogP contribution in [-0.4, -0.2) is 62.4 Å². The average Bonchev–Trinajstić information content (AvgIpc) is 3.62. The van der Waals surface area contributed by atoms with E-state index >= 15 is 0 Å². The van der Waals surface area contributed by atoms with Crippen molar-refractivity contribution >= 4 is 40.5 Å². The number of aliphatic hydroxyl groups is 1. The number of nitrogens with zero attached hydrogens (tertiary/aromatic N) is 3. The van der Waals surface area contributed by atoms with Gasteiger partial charge in [-0.3, -0.25) is 4.79 Å². The summed E-state index contributed by atoms with van der Waals surface area (Å²) in [4.78, 5) is 39.6. The Hall–Kier alpha value is -3.37. The average molecular weight is 513 g/mol. The second-order valence-corrected chi connectivity index (χ2v) is 9.96. The molecule has 11 heteroatoms. The van der Waals surface area contributed by atoms with E-state index in [0.29, 0.717) is 30.5 Å². The summed E-state index contributed by atoms with van der Waals surface area (Å²) in [7, 11) is 0. The molecule has 36 heavy (non-hydrogen) atoms. The third-order valence-electron chi connectivity index (χ3n) is 7.19. The van der Waals surface area contributed by atoms with Gasteiger partial charge in [-0.1, -0.05) is 23.7 Å². The number of aromatic amines is 1. The number of rotatable bonds is 8. The van der Waals surface area contributed by atoms with Crippen molar-refractivity contribution in [1.29, 1.82) is 0 Å². The third kappa shape index (κ3) is 4.83. The van der Waals surface area contributed by atoms with E-state index in [1.165, 1.54) is 11.9 Å². The van der Waals surface area contributed by atoms with Crippen LogP contribution in [0.3, 0.4) is 0 Å². The number of carboxylic acid groups (broad SMARTS) is 1. The quantitative estimate of drug-likeness (QED) is 0.311. The molecule has 190 valence electrons. The number of aliphatic hydroxyl groups excluding tert-OH is 1. The monoisotopic (exact) mass is 512 g/mol. The zero-order valence-electron chi connectivity index (χ0n) is 19.7. The molecule has 1 aromatic carbocycles. The summed E-state index contributed by atoms with van der Waals surface area (Å²) in [5.41, 5.74) is 1.49. The molecule has 1 saturated carbocycles. The Labute approximate surface area is 213 Å². The SMILES string of the molecule is O=C(O)NC1(C(=O)NC(CCO)c2ccc(Cl)cc2)CCN(c2ncnc3[nH]cc(C4CC4)c23)CC1. The van der Waals surface area contributed by atoms with Gasteiger partial charge in [0.05, 0.1) is 11.4 Å². The number of amides is 2. The molecule has 1 aliphatic carbocycles. The molecular formula is C25H29ClN6O4. The molecule has 2 aliphatic rings. The van der Waals surface area contributed by atoms with Crippen molar-refractivity contribution in [1.82, 2.24) is 25.6 Å². The highest BCUT2D eigenvalue weighted by Crippen LogP contribution is 2.45. The van der Waals surface area contributed by atoms with Crippen molar-refractivity contribution in [2.24, 2.45) is 0 Å². The Bertz CT molecular complexity index is 1250. The number of nitrogens with one attached hydrogen (secondary N) is 3. The van der Waals surface area contributed by atoms with E-state index in [1.807, 2.05) is 6.20 Å². The lowest BCUT2D eigenvalue weighted by atomic mass is 9.85. The summed E-state index contributed by atoms with van der Waals surface area (Å²) in [5.74, 6) is 0.918. The fourth-order valence-corrected chi connectivity index (χ4v) is 5.21. The minimum absolute atomic E-state index is 0.135. The van der Waals surface area contributed by atoms with Crippen LogP contribution in [0.1, 0.15) is 55.2 Å². The fourth-order valence-electron chi connectivity index (χ4n) is 5.08. The standard InChI is InChI=1S/C25H29ClN6O4/c26-17-5-3-16(4-6-17)19(7-12-33)30-23(34)25(31-24(35)36)8-10-32(11-9-25)22-20-18(15-1-2-15)13-27-21(20)28-14-29-22/h3-6,13-15,19,31,33H,1-2,7-12H2,(H,30,34)(H,35,36)(H,27,28,29). The smallest absolute Gasteiger partial charge is 0.405 e. The van der Waals surface area contributed by atoms with Crippen molar-refractivity contribution in [3.8, 4) is 0 Å². The first-order valence-electron chi connectivity index (χ1n) is 12.2. The molecular weight excluding hydrogens is 484 g/mol. The number of fused-ring (bicyclic) bond motifs is 1. The third-order valence-corrected chi connectivity index (χ3v) is 7.44. The Balaban J connectivity index is 1.37. The number of anilines is 1. The molecule has 5 N–H and O–H groups in total. The van der Waals surface area contributed by atoms with E-state index in [1.54, 1.807) is 24.3 Å². The number of hydrogen-bond acceptors (Lipinski definition) is 6. The van der Waals surface area contributed by atoms with E-state index in [2.05, 4.69) is 30.5 Å². The zero-order valence-corrected chi connectivity index (χ0v) is 20.5. The Morgan fingerprint density at radius 2 is 1.92 bits per heavy atom. The lowest BCUT2D eigenvalue weighted by Crippen LogP contribution is -2.63. The van der Waals surface area contributed by atoms with E-state index in [0.717, 1.165) is 35.3 Å². The normalized spacial score (nSPS) is 18.1. The summed E-state index contributed by atoms with van der Waals surface area (Å²) in [6, 6.07) is 6.54. The molecule has 3 aromatic rings. The van der Waals surface area contributed by atoms with Gasteiger partial charge in [-0.25, -0.2) is 14.8 Å². The number of benzene rings is 1. The van der Waals surface area contributed by atoms with Gasteiger partial charge >= 0.3 is 6.09 Å². The van der Waals surface area contributed by atoms with Gasteiger partial charge in [0.1, 0.15) is 23.3 Å². The van der Waals surface area contributed by atoms with Gasteiger partial charge in [-0.2, -0.15) is 0 Å². The number of carbonyl (C=O) groups excluding carboxylic acids is 1. The molecule has 1 atom stereocenters. The van der Waals surface area contributed by atoms with Crippen molar-refractivity contribution in [3.63, 3.8) is 0 Å². The van der Waals surface area contributed by atoms with Crippen LogP contribution in [0, 0.1) is 0 Å². The first-order chi connectivity index (χ1) is 17.4. The number of hydrogen-bond donors (Lipinski definition) is 5. The molecule has 3 heterocycles. The van der Waals surface area contributed by atoms with Gasteiger partial charge in [0.25, 0.3) is 0 Å². The van der Waals surface area contributed by atoms with E-state index in [-0.39, 0.29) is 19.4 Å². The molecule has 2 fully saturated rings. The van der Waals surface area contributed by atoms with E-state index in [4.69, 9.17) is 11.6 Å². The van der Waals surface area contributed by atoms with Crippen LogP contribution in [0.25, 0.3) is 11.0 Å². The fraction of sp³-hybridized carbons (Fsp3) is 0.440. The minimum Gasteiger partial charge on any atom is -0.465 e. The molecule has 0 bridgehead atoms. The Kier molecular flexibility index (Phi) is 6.72. The lowest BCUT2D eigenvalue weighted by Gasteiger charge is -2.41. The topological polar surface area (TPSA) is 143 Å².